The first-order chi connectivity index (χ1) is 12.1. The summed E-state index contributed by atoms with van der Waals surface area (Å²) in [6.07, 6.45) is 1.53. The maximum absolute atomic E-state index is 12.6. The molecule has 1 aromatic heterocycles. The summed E-state index contributed by atoms with van der Waals surface area (Å²) in [6.45, 7) is 1.04. The van der Waals surface area contributed by atoms with E-state index in [9.17, 15) is 9.59 Å². The molecule has 7 heteroatoms. The minimum atomic E-state index is -0.342. The lowest BCUT2D eigenvalue weighted by Crippen LogP contribution is -2.44. The first kappa shape index (κ1) is 16.9. The number of carbonyl (C=O) groups excluding carboxylic acids is 2. The fraction of sp³-hybridized carbons (Fsp3) is 0.333. The molecule has 2 heterocycles. The van der Waals surface area contributed by atoms with Gasteiger partial charge in [0.05, 0.1) is 18.7 Å². The Balaban J connectivity index is 1.72. The molecule has 1 aromatic carbocycles. The molecular formula is C18H20N4O3. The number of carbonyl (C=O) groups is 2. The third kappa shape index (κ3) is 3.76. The molecule has 130 valence electrons. The average Bonchev–Trinajstić information content (AvgIpc) is 2.67. The van der Waals surface area contributed by atoms with Crippen LogP contribution in [0.4, 0.5) is 0 Å². The number of nitrogens with zero attached hydrogens (tertiary/aromatic N) is 3. The van der Waals surface area contributed by atoms with Crippen molar-refractivity contribution < 1.29 is 14.3 Å². The summed E-state index contributed by atoms with van der Waals surface area (Å²) >= 11 is 0. The highest BCUT2D eigenvalue weighted by molar-refractivity contribution is 5.95. The molecule has 1 aliphatic rings. The molecule has 1 aliphatic heterocycles. The van der Waals surface area contributed by atoms with Crippen molar-refractivity contribution in [3.05, 3.63) is 42.0 Å². The van der Waals surface area contributed by atoms with Crippen LogP contribution in [0.5, 0.6) is 5.88 Å². The van der Waals surface area contributed by atoms with E-state index in [-0.39, 0.29) is 17.7 Å². The van der Waals surface area contributed by atoms with Gasteiger partial charge in [-0.1, -0.05) is 12.1 Å². The number of nitrogens with two attached hydrogens (primary N) is 1. The lowest BCUT2D eigenvalue weighted by molar-refractivity contribution is -0.123. The Labute approximate surface area is 145 Å². The Morgan fingerprint density at radius 2 is 1.92 bits per heavy atom. The number of aromatic nitrogens is 2. The summed E-state index contributed by atoms with van der Waals surface area (Å²) in [5.41, 5.74) is 7.52. The Morgan fingerprint density at radius 1 is 1.16 bits per heavy atom. The van der Waals surface area contributed by atoms with Crippen LogP contribution >= 0.6 is 0 Å². The Kier molecular flexibility index (Phi) is 4.92. The van der Waals surface area contributed by atoms with Gasteiger partial charge in [-0.2, -0.15) is 0 Å². The molecule has 25 heavy (non-hydrogen) atoms. The standard InChI is InChI=1S/C18H20N4O3/c1-25-16-9-8-15(20-21-16)12-4-6-13(7-5-12)18(24)22-10-2-3-14(11-22)17(19)23/h4-9,14H,2-3,10-11H2,1H3,(H2,19,23)/t14-/m0/s1. The largest absolute Gasteiger partial charge is 0.480 e. The number of piperidine rings is 1. The molecule has 1 atom stereocenters. The number of rotatable bonds is 4. The van der Waals surface area contributed by atoms with E-state index in [1.807, 2.05) is 18.2 Å². The van der Waals surface area contributed by atoms with E-state index < -0.39 is 0 Å². The molecule has 1 saturated heterocycles. The molecule has 2 N–H and O–H groups in total. The number of methoxy groups -OCH3 is 1. The topological polar surface area (TPSA) is 98.4 Å². The molecule has 3 rings (SSSR count). The van der Waals surface area contributed by atoms with Gasteiger partial charge in [-0.15, -0.1) is 10.2 Å². The van der Waals surface area contributed by atoms with Crippen molar-refractivity contribution >= 4 is 11.8 Å². The third-order valence-corrected chi connectivity index (χ3v) is 4.39. The van der Waals surface area contributed by atoms with Crippen LogP contribution in [0, 0.1) is 5.92 Å². The Hall–Kier alpha value is -2.96. The maximum Gasteiger partial charge on any atom is 0.253 e. The lowest BCUT2D eigenvalue weighted by atomic mass is 9.96. The summed E-state index contributed by atoms with van der Waals surface area (Å²) in [6, 6.07) is 10.7. The van der Waals surface area contributed by atoms with Crippen LogP contribution in [0.2, 0.25) is 0 Å². The molecule has 0 saturated carbocycles. The summed E-state index contributed by atoms with van der Waals surface area (Å²) in [5.74, 6) is -0.236. The van der Waals surface area contributed by atoms with Gasteiger partial charge in [0.25, 0.3) is 5.91 Å². The predicted molar refractivity (Wildman–Crippen MR) is 91.8 cm³/mol. The van der Waals surface area contributed by atoms with Gasteiger partial charge in [0, 0.05) is 30.3 Å². The van der Waals surface area contributed by atoms with E-state index in [1.165, 1.54) is 7.11 Å². The second kappa shape index (κ2) is 7.29. The fourth-order valence-corrected chi connectivity index (χ4v) is 2.94. The molecule has 0 unspecified atom stereocenters. The monoisotopic (exact) mass is 340 g/mol. The second-order valence-corrected chi connectivity index (χ2v) is 6.03. The molecule has 7 nitrogen and oxygen atoms in total. The van der Waals surface area contributed by atoms with Crippen molar-refractivity contribution in [1.82, 2.24) is 15.1 Å². The van der Waals surface area contributed by atoms with Crippen molar-refractivity contribution in [3.63, 3.8) is 0 Å². The molecule has 0 spiro atoms. The quantitative estimate of drug-likeness (QED) is 0.909. The van der Waals surface area contributed by atoms with Gasteiger partial charge in [0.2, 0.25) is 11.8 Å². The fourth-order valence-electron chi connectivity index (χ4n) is 2.94. The van der Waals surface area contributed by atoms with Crippen LogP contribution in [-0.4, -0.2) is 47.1 Å². The Bertz CT molecular complexity index is 759. The molecule has 2 amide bonds. The van der Waals surface area contributed by atoms with Gasteiger partial charge in [-0.25, -0.2) is 0 Å². The SMILES string of the molecule is COc1ccc(-c2ccc(C(=O)N3CCC[C@H](C(N)=O)C3)cc2)nn1. The summed E-state index contributed by atoms with van der Waals surface area (Å²) in [7, 11) is 1.54. The minimum absolute atomic E-state index is 0.0849. The van der Waals surface area contributed by atoms with Crippen LogP contribution in [0.25, 0.3) is 11.3 Å². The van der Waals surface area contributed by atoms with E-state index in [0.717, 1.165) is 18.4 Å². The maximum atomic E-state index is 12.6. The normalized spacial score (nSPS) is 17.2. The van der Waals surface area contributed by atoms with Crippen molar-refractivity contribution in [3.8, 4) is 17.1 Å². The van der Waals surface area contributed by atoms with Gasteiger partial charge in [-0.05, 0) is 31.0 Å². The molecule has 0 bridgehead atoms. The van der Waals surface area contributed by atoms with E-state index in [2.05, 4.69) is 10.2 Å². The van der Waals surface area contributed by atoms with Gasteiger partial charge in [-0.3, -0.25) is 9.59 Å². The van der Waals surface area contributed by atoms with Gasteiger partial charge >= 0.3 is 0 Å². The van der Waals surface area contributed by atoms with Crippen LogP contribution in [0.1, 0.15) is 23.2 Å². The van der Waals surface area contributed by atoms with Crippen molar-refractivity contribution in [1.29, 1.82) is 0 Å². The van der Waals surface area contributed by atoms with Crippen molar-refractivity contribution in [2.45, 2.75) is 12.8 Å². The molecule has 1 fully saturated rings. The number of primary amides is 1. The highest BCUT2D eigenvalue weighted by atomic mass is 16.5. The molecular weight excluding hydrogens is 320 g/mol. The number of hydrogen-bond acceptors (Lipinski definition) is 5. The number of hydrogen-bond donors (Lipinski definition) is 1. The summed E-state index contributed by atoms with van der Waals surface area (Å²) in [4.78, 5) is 25.7. The smallest absolute Gasteiger partial charge is 0.253 e. The molecule has 2 aromatic rings. The zero-order chi connectivity index (χ0) is 17.8. The molecule has 0 aliphatic carbocycles. The van der Waals surface area contributed by atoms with Gasteiger partial charge in [0.1, 0.15) is 0 Å². The zero-order valence-corrected chi connectivity index (χ0v) is 14.0. The van der Waals surface area contributed by atoms with Crippen LogP contribution in [0.15, 0.2) is 36.4 Å². The third-order valence-electron chi connectivity index (χ3n) is 4.39. The van der Waals surface area contributed by atoms with Gasteiger partial charge < -0.3 is 15.4 Å². The van der Waals surface area contributed by atoms with E-state index in [4.69, 9.17) is 10.5 Å². The minimum Gasteiger partial charge on any atom is -0.480 e. The van der Waals surface area contributed by atoms with Crippen molar-refractivity contribution in [2.75, 3.05) is 20.2 Å². The summed E-state index contributed by atoms with van der Waals surface area (Å²) in [5, 5.41) is 8.03. The van der Waals surface area contributed by atoms with E-state index in [1.54, 1.807) is 23.1 Å². The second-order valence-electron chi connectivity index (χ2n) is 6.03. The number of benzene rings is 1. The lowest BCUT2D eigenvalue weighted by Gasteiger charge is -2.31. The highest BCUT2D eigenvalue weighted by Crippen LogP contribution is 2.21. The molecule has 0 radical (unpaired) electrons. The van der Waals surface area contributed by atoms with E-state index in [0.29, 0.717) is 30.2 Å². The highest BCUT2D eigenvalue weighted by Gasteiger charge is 2.27. The Morgan fingerprint density at radius 3 is 2.52 bits per heavy atom. The van der Waals surface area contributed by atoms with Gasteiger partial charge in [0.15, 0.2) is 0 Å². The zero-order valence-electron chi connectivity index (χ0n) is 14.0. The average molecular weight is 340 g/mol. The van der Waals surface area contributed by atoms with Crippen LogP contribution in [0.3, 0.4) is 0 Å². The first-order valence-corrected chi connectivity index (χ1v) is 8.15. The number of likely N-dealkylation sites (tertiary alicyclic amines) is 1. The van der Waals surface area contributed by atoms with Crippen LogP contribution < -0.4 is 10.5 Å². The predicted octanol–water partition coefficient (Wildman–Crippen LogP) is 1.49. The van der Waals surface area contributed by atoms with Crippen molar-refractivity contribution in [2.24, 2.45) is 11.7 Å². The number of ether oxygens (including phenoxy) is 1. The number of amides is 2. The summed E-state index contributed by atoms with van der Waals surface area (Å²) < 4.78 is 4.99. The first-order valence-electron chi connectivity index (χ1n) is 8.15. The van der Waals surface area contributed by atoms with E-state index >= 15 is 0 Å². The van der Waals surface area contributed by atoms with Crippen LogP contribution in [-0.2, 0) is 4.79 Å².